The van der Waals surface area contributed by atoms with Crippen molar-refractivity contribution in [1.82, 2.24) is 4.90 Å². The Labute approximate surface area is 136 Å². The minimum absolute atomic E-state index is 0.190. The molecular formula is C20H22FNO. The molecule has 1 atom stereocenters. The summed E-state index contributed by atoms with van der Waals surface area (Å²) in [4.78, 5) is 14.0. The molecule has 3 heteroatoms. The number of rotatable bonds is 5. The van der Waals surface area contributed by atoms with Crippen molar-refractivity contribution in [1.29, 1.82) is 0 Å². The highest BCUT2D eigenvalue weighted by atomic mass is 19.1. The molecule has 0 bridgehead atoms. The number of halogens is 1. The fraction of sp³-hybridized carbons (Fsp3) is 0.350. The van der Waals surface area contributed by atoms with Gasteiger partial charge < -0.3 is 4.79 Å². The Kier molecular flexibility index (Phi) is 5.19. The van der Waals surface area contributed by atoms with Gasteiger partial charge in [0, 0.05) is 12.5 Å². The molecule has 1 heterocycles. The molecule has 0 radical (unpaired) electrons. The first-order valence-electron chi connectivity index (χ1n) is 8.23. The Morgan fingerprint density at radius 1 is 1.09 bits per heavy atom. The summed E-state index contributed by atoms with van der Waals surface area (Å²) < 4.78 is 13.4. The Bertz CT molecular complexity index is 635. The van der Waals surface area contributed by atoms with E-state index in [1.54, 1.807) is 6.07 Å². The summed E-state index contributed by atoms with van der Waals surface area (Å²) >= 11 is 0. The largest absolute Gasteiger partial charge is 0.303 e. The number of nitrogens with zero attached hydrogens (tertiary/aromatic N) is 1. The lowest BCUT2D eigenvalue weighted by Crippen LogP contribution is -2.35. The van der Waals surface area contributed by atoms with Crippen LogP contribution in [0, 0.1) is 11.7 Å². The Balaban J connectivity index is 1.60. The first-order valence-corrected chi connectivity index (χ1v) is 8.23. The first-order chi connectivity index (χ1) is 11.3. The number of carbonyl (C=O) groups is 1. The lowest BCUT2D eigenvalue weighted by Gasteiger charge is -2.34. The quantitative estimate of drug-likeness (QED) is 0.777. The molecule has 2 nitrogen and oxygen atoms in total. The van der Waals surface area contributed by atoms with Crippen LogP contribution in [0.15, 0.2) is 54.6 Å². The van der Waals surface area contributed by atoms with E-state index in [0.29, 0.717) is 5.92 Å². The van der Waals surface area contributed by atoms with E-state index in [1.807, 2.05) is 12.1 Å². The smallest absolute Gasteiger partial charge is 0.127 e. The maximum absolute atomic E-state index is 13.4. The molecule has 0 aliphatic carbocycles. The molecule has 1 fully saturated rings. The minimum Gasteiger partial charge on any atom is -0.303 e. The molecule has 2 aromatic rings. The fourth-order valence-corrected chi connectivity index (χ4v) is 3.49. The van der Waals surface area contributed by atoms with Gasteiger partial charge in [0.2, 0.25) is 0 Å². The normalized spacial score (nSPS) is 17.8. The van der Waals surface area contributed by atoms with Crippen LogP contribution in [0.4, 0.5) is 4.39 Å². The molecule has 1 unspecified atom stereocenters. The van der Waals surface area contributed by atoms with Gasteiger partial charge in [-0.2, -0.15) is 0 Å². The predicted molar refractivity (Wildman–Crippen MR) is 89.6 cm³/mol. The van der Waals surface area contributed by atoms with Crippen LogP contribution >= 0.6 is 0 Å². The highest BCUT2D eigenvalue weighted by Gasteiger charge is 2.27. The van der Waals surface area contributed by atoms with E-state index in [1.165, 1.54) is 17.7 Å². The van der Waals surface area contributed by atoms with Crippen LogP contribution in [0.25, 0.3) is 0 Å². The molecule has 120 valence electrons. The van der Waals surface area contributed by atoms with Crippen molar-refractivity contribution in [3.63, 3.8) is 0 Å². The van der Waals surface area contributed by atoms with Gasteiger partial charge in [-0.1, -0.05) is 42.5 Å². The van der Waals surface area contributed by atoms with Gasteiger partial charge in [0.1, 0.15) is 12.1 Å². The van der Waals surface area contributed by atoms with Crippen molar-refractivity contribution in [2.75, 3.05) is 13.1 Å². The van der Waals surface area contributed by atoms with Gasteiger partial charge >= 0.3 is 0 Å². The standard InChI is InChI=1S/C20H22FNO/c21-19-8-4-7-18(13-19)20(15-23)17-9-11-22(12-10-17)14-16-5-2-1-3-6-16/h1-8,13,15,17,20H,9-12,14H2. The van der Waals surface area contributed by atoms with Crippen molar-refractivity contribution in [3.8, 4) is 0 Å². The van der Waals surface area contributed by atoms with Crippen molar-refractivity contribution in [2.45, 2.75) is 25.3 Å². The zero-order valence-electron chi connectivity index (χ0n) is 13.2. The van der Waals surface area contributed by atoms with Crippen molar-refractivity contribution < 1.29 is 9.18 Å². The number of hydrogen-bond donors (Lipinski definition) is 0. The number of carbonyl (C=O) groups excluding carboxylic acids is 1. The van der Waals surface area contributed by atoms with Crippen molar-refractivity contribution in [3.05, 3.63) is 71.5 Å². The van der Waals surface area contributed by atoms with Gasteiger partial charge in [0.15, 0.2) is 0 Å². The predicted octanol–water partition coefficient (Wildman–Crippen LogP) is 4.02. The molecule has 0 amide bonds. The van der Waals surface area contributed by atoms with Crippen LogP contribution in [0.2, 0.25) is 0 Å². The molecule has 1 saturated heterocycles. The van der Waals surface area contributed by atoms with Gasteiger partial charge in [-0.25, -0.2) is 4.39 Å². The van der Waals surface area contributed by atoms with E-state index in [2.05, 4.69) is 29.2 Å². The highest BCUT2D eigenvalue weighted by Crippen LogP contribution is 2.32. The molecule has 0 spiro atoms. The van der Waals surface area contributed by atoms with Crippen molar-refractivity contribution >= 4 is 6.29 Å². The zero-order chi connectivity index (χ0) is 16.1. The van der Waals surface area contributed by atoms with Crippen LogP contribution in [0.1, 0.15) is 29.9 Å². The van der Waals surface area contributed by atoms with E-state index in [4.69, 9.17) is 0 Å². The maximum Gasteiger partial charge on any atom is 0.127 e. The molecule has 0 N–H and O–H groups in total. The molecule has 0 saturated carbocycles. The fourth-order valence-electron chi connectivity index (χ4n) is 3.49. The Hall–Kier alpha value is -2.00. The number of piperidine rings is 1. The minimum atomic E-state index is -0.268. The third-order valence-electron chi connectivity index (χ3n) is 4.77. The summed E-state index contributed by atoms with van der Waals surface area (Å²) in [5.74, 6) is -0.151. The lowest BCUT2D eigenvalue weighted by atomic mass is 9.81. The summed E-state index contributed by atoms with van der Waals surface area (Å²) in [6.07, 6.45) is 2.95. The second-order valence-electron chi connectivity index (χ2n) is 6.32. The second-order valence-corrected chi connectivity index (χ2v) is 6.32. The Morgan fingerprint density at radius 3 is 2.48 bits per heavy atom. The summed E-state index contributed by atoms with van der Waals surface area (Å²) in [6.45, 7) is 2.93. The first kappa shape index (κ1) is 15.9. The summed E-state index contributed by atoms with van der Waals surface area (Å²) in [7, 11) is 0. The van der Waals surface area contributed by atoms with E-state index in [-0.39, 0.29) is 11.7 Å². The number of aldehydes is 1. The molecule has 0 aromatic heterocycles. The Morgan fingerprint density at radius 2 is 1.83 bits per heavy atom. The molecule has 23 heavy (non-hydrogen) atoms. The zero-order valence-corrected chi connectivity index (χ0v) is 13.2. The molecule has 2 aromatic carbocycles. The highest BCUT2D eigenvalue weighted by molar-refractivity contribution is 5.62. The van der Waals surface area contributed by atoms with Crippen LogP contribution in [0.5, 0.6) is 0 Å². The summed E-state index contributed by atoms with van der Waals surface area (Å²) in [5.41, 5.74) is 2.13. The van der Waals surface area contributed by atoms with Crippen LogP contribution in [-0.2, 0) is 11.3 Å². The average Bonchev–Trinajstić information content (AvgIpc) is 2.58. The SMILES string of the molecule is O=CC(c1cccc(F)c1)C1CCN(Cc2ccccc2)CC1. The maximum atomic E-state index is 13.4. The lowest BCUT2D eigenvalue weighted by molar-refractivity contribution is -0.110. The molecule has 1 aliphatic rings. The number of hydrogen-bond acceptors (Lipinski definition) is 2. The van der Waals surface area contributed by atoms with E-state index >= 15 is 0 Å². The summed E-state index contributed by atoms with van der Waals surface area (Å²) in [6, 6.07) is 16.9. The summed E-state index contributed by atoms with van der Waals surface area (Å²) in [5, 5.41) is 0. The monoisotopic (exact) mass is 311 g/mol. The van der Waals surface area contributed by atoms with Gasteiger partial charge in [-0.15, -0.1) is 0 Å². The van der Waals surface area contributed by atoms with Crippen molar-refractivity contribution in [2.24, 2.45) is 5.92 Å². The second kappa shape index (κ2) is 7.51. The van der Waals surface area contributed by atoms with Crippen LogP contribution in [-0.4, -0.2) is 24.3 Å². The van der Waals surface area contributed by atoms with Gasteiger partial charge in [-0.3, -0.25) is 4.90 Å². The average molecular weight is 311 g/mol. The number of likely N-dealkylation sites (tertiary alicyclic amines) is 1. The van der Waals surface area contributed by atoms with E-state index in [9.17, 15) is 9.18 Å². The van der Waals surface area contributed by atoms with Gasteiger partial charge in [0.05, 0.1) is 0 Å². The van der Waals surface area contributed by atoms with Gasteiger partial charge in [0.25, 0.3) is 0 Å². The third kappa shape index (κ3) is 4.05. The van der Waals surface area contributed by atoms with Crippen LogP contribution in [0.3, 0.4) is 0 Å². The van der Waals surface area contributed by atoms with E-state index in [0.717, 1.165) is 44.3 Å². The van der Waals surface area contributed by atoms with Crippen LogP contribution < -0.4 is 0 Å². The van der Waals surface area contributed by atoms with E-state index < -0.39 is 0 Å². The third-order valence-corrected chi connectivity index (χ3v) is 4.77. The molecule has 3 rings (SSSR count). The van der Waals surface area contributed by atoms with Gasteiger partial charge in [-0.05, 0) is 55.1 Å². The topological polar surface area (TPSA) is 20.3 Å². The molecular weight excluding hydrogens is 289 g/mol. The number of benzene rings is 2. The molecule has 1 aliphatic heterocycles.